The first-order valence-electron chi connectivity index (χ1n) is 7.61. The third-order valence-corrected chi connectivity index (χ3v) is 4.63. The largest absolute Gasteiger partial charge is 0.327 e. The van der Waals surface area contributed by atoms with Gasteiger partial charge in [0.2, 0.25) is 0 Å². The Kier molecular flexibility index (Phi) is 3.88. The van der Waals surface area contributed by atoms with Crippen molar-refractivity contribution in [3.8, 4) is 0 Å². The van der Waals surface area contributed by atoms with Gasteiger partial charge in [-0.25, -0.2) is 0 Å². The molecule has 0 spiro atoms. The smallest absolute Gasteiger partial charge is 0.00763 e. The molecule has 1 saturated carbocycles. The fourth-order valence-electron chi connectivity index (χ4n) is 3.20. The standard InChI is InChI=1S/C19H23N/c1-14-7-5-6-8-15(14)11-12-19(20)18-13-17(18)16-9-3-2-4-10-16/h2-10,17-19H,11-13,20H2,1H3. The van der Waals surface area contributed by atoms with Gasteiger partial charge in [-0.3, -0.25) is 0 Å². The number of hydrogen-bond donors (Lipinski definition) is 1. The van der Waals surface area contributed by atoms with Crippen LogP contribution in [0.5, 0.6) is 0 Å². The molecule has 1 fully saturated rings. The first-order valence-corrected chi connectivity index (χ1v) is 7.61. The number of nitrogens with two attached hydrogens (primary N) is 1. The predicted molar refractivity (Wildman–Crippen MR) is 84.8 cm³/mol. The van der Waals surface area contributed by atoms with Crippen LogP contribution in [0.1, 0.15) is 35.4 Å². The molecule has 20 heavy (non-hydrogen) atoms. The van der Waals surface area contributed by atoms with Crippen molar-refractivity contribution in [2.24, 2.45) is 11.7 Å². The zero-order valence-corrected chi connectivity index (χ0v) is 12.1. The Hall–Kier alpha value is -1.60. The summed E-state index contributed by atoms with van der Waals surface area (Å²) in [7, 11) is 0. The maximum Gasteiger partial charge on any atom is 0.00763 e. The number of benzene rings is 2. The molecule has 3 atom stereocenters. The second-order valence-corrected chi connectivity index (χ2v) is 6.05. The van der Waals surface area contributed by atoms with Crippen molar-refractivity contribution in [2.45, 2.75) is 38.1 Å². The highest BCUT2D eigenvalue weighted by atomic mass is 14.7. The van der Waals surface area contributed by atoms with Gasteiger partial charge in [-0.1, -0.05) is 54.6 Å². The van der Waals surface area contributed by atoms with Crippen molar-refractivity contribution < 1.29 is 0 Å². The molecule has 0 aliphatic heterocycles. The predicted octanol–water partition coefficient (Wildman–Crippen LogP) is 4.06. The molecule has 1 aliphatic carbocycles. The van der Waals surface area contributed by atoms with Crippen LogP contribution in [-0.4, -0.2) is 6.04 Å². The van der Waals surface area contributed by atoms with E-state index in [1.54, 1.807) is 0 Å². The number of rotatable bonds is 5. The summed E-state index contributed by atoms with van der Waals surface area (Å²) in [6, 6.07) is 19.8. The lowest BCUT2D eigenvalue weighted by Gasteiger charge is -2.12. The van der Waals surface area contributed by atoms with Gasteiger partial charge in [0.1, 0.15) is 0 Å². The van der Waals surface area contributed by atoms with Gasteiger partial charge in [-0.05, 0) is 54.7 Å². The number of aryl methyl sites for hydroxylation is 2. The molecule has 2 aromatic carbocycles. The first kappa shape index (κ1) is 13.4. The monoisotopic (exact) mass is 265 g/mol. The lowest BCUT2D eigenvalue weighted by Crippen LogP contribution is -2.24. The summed E-state index contributed by atoms with van der Waals surface area (Å²) >= 11 is 0. The topological polar surface area (TPSA) is 26.0 Å². The Labute approximate surface area is 121 Å². The Morgan fingerprint density at radius 1 is 1.05 bits per heavy atom. The van der Waals surface area contributed by atoms with E-state index in [1.807, 2.05) is 0 Å². The molecule has 1 heteroatoms. The van der Waals surface area contributed by atoms with E-state index in [0.717, 1.165) is 12.8 Å². The SMILES string of the molecule is Cc1ccccc1CCC(N)C1CC1c1ccccc1. The van der Waals surface area contributed by atoms with Crippen molar-refractivity contribution in [3.63, 3.8) is 0 Å². The highest BCUT2D eigenvalue weighted by Crippen LogP contribution is 2.49. The van der Waals surface area contributed by atoms with E-state index in [1.165, 1.54) is 23.1 Å². The molecule has 0 aromatic heterocycles. The highest BCUT2D eigenvalue weighted by Gasteiger charge is 2.41. The first-order chi connectivity index (χ1) is 9.75. The molecule has 2 aromatic rings. The van der Waals surface area contributed by atoms with Gasteiger partial charge in [0.25, 0.3) is 0 Å². The van der Waals surface area contributed by atoms with Crippen LogP contribution < -0.4 is 5.73 Å². The lowest BCUT2D eigenvalue weighted by atomic mass is 9.97. The van der Waals surface area contributed by atoms with E-state index in [2.05, 4.69) is 61.5 Å². The molecule has 3 rings (SSSR count). The summed E-state index contributed by atoms with van der Waals surface area (Å²) in [4.78, 5) is 0. The van der Waals surface area contributed by atoms with Gasteiger partial charge in [-0.2, -0.15) is 0 Å². The van der Waals surface area contributed by atoms with Crippen molar-refractivity contribution in [3.05, 3.63) is 71.3 Å². The average Bonchev–Trinajstić information content (AvgIpc) is 3.28. The molecule has 0 amide bonds. The van der Waals surface area contributed by atoms with Crippen LogP contribution in [0.2, 0.25) is 0 Å². The second kappa shape index (κ2) is 5.80. The minimum absolute atomic E-state index is 0.333. The molecule has 1 nitrogen and oxygen atoms in total. The van der Waals surface area contributed by atoms with Gasteiger partial charge in [0.05, 0.1) is 0 Å². The van der Waals surface area contributed by atoms with Crippen molar-refractivity contribution >= 4 is 0 Å². The summed E-state index contributed by atoms with van der Waals surface area (Å²) in [5.41, 5.74) is 10.7. The van der Waals surface area contributed by atoms with Gasteiger partial charge < -0.3 is 5.73 Å². The maximum absolute atomic E-state index is 6.40. The Balaban J connectivity index is 1.54. The van der Waals surface area contributed by atoms with Gasteiger partial charge in [0.15, 0.2) is 0 Å². The van der Waals surface area contributed by atoms with E-state index < -0.39 is 0 Å². The normalized spacial score (nSPS) is 22.5. The van der Waals surface area contributed by atoms with Crippen LogP contribution in [0.3, 0.4) is 0 Å². The van der Waals surface area contributed by atoms with Gasteiger partial charge >= 0.3 is 0 Å². The van der Waals surface area contributed by atoms with E-state index >= 15 is 0 Å². The molecule has 104 valence electrons. The van der Waals surface area contributed by atoms with Gasteiger partial charge in [-0.15, -0.1) is 0 Å². The van der Waals surface area contributed by atoms with Crippen LogP contribution >= 0.6 is 0 Å². The third-order valence-electron chi connectivity index (χ3n) is 4.63. The summed E-state index contributed by atoms with van der Waals surface area (Å²) < 4.78 is 0. The summed E-state index contributed by atoms with van der Waals surface area (Å²) in [5.74, 6) is 1.38. The molecule has 2 N–H and O–H groups in total. The van der Waals surface area contributed by atoms with E-state index in [-0.39, 0.29) is 0 Å². The molecule has 3 unspecified atom stereocenters. The molecule has 0 saturated heterocycles. The molecular weight excluding hydrogens is 242 g/mol. The molecule has 0 radical (unpaired) electrons. The van der Waals surface area contributed by atoms with E-state index in [4.69, 9.17) is 5.73 Å². The summed E-state index contributed by atoms with van der Waals surface area (Å²) in [6.45, 7) is 2.19. The van der Waals surface area contributed by atoms with E-state index in [0.29, 0.717) is 17.9 Å². The molecule has 0 bridgehead atoms. The molecule has 0 heterocycles. The fraction of sp³-hybridized carbons (Fsp3) is 0.368. The quantitative estimate of drug-likeness (QED) is 0.867. The lowest BCUT2D eigenvalue weighted by molar-refractivity contribution is 0.538. The minimum Gasteiger partial charge on any atom is -0.327 e. The Morgan fingerprint density at radius 2 is 1.75 bits per heavy atom. The zero-order chi connectivity index (χ0) is 13.9. The van der Waals surface area contributed by atoms with Crippen LogP contribution in [0, 0.1) is 12.8 Å². The van der Waals surface area contributed by atoms with Crippen LogP contribution in [0.25, 0.3) is 0 Å². The van der Waals surface area contributed by atoms with Crippen molar-refractivity contribution in [1.82, 2.24) is 0 Å². The van der Waals surface area contributed by atoms with Crippen LogP contribution in [0.4, 0.5) is 0 Å². The highest BCUT2D eigenvalue weighted by molar-refractivity contribution is 5.28. The molecular formula is C19H23N. The summed E-state index contributed by atoms with van der Waals surface area (Å²) in [6.07, 6.45) is 3.46. The second-order valence-electron chi connectivity index (χ2n) is 6.05. The van der Waals surface area contributed by atoms with Crippen molar-refractivity contribution in [1.29, 1.82) is 0 Å². The zero-order valence-electron chi connectivity index (χ0n) is 12.1. The van der Waals surface area contributed by atoms with Crippen LogP contribution in [0.15, 0.2) is 54.6 Å². The average molecular weight is 265 g/mol. The fourth-order valence-corrected chi connectivity index (χ4v) is 3.20. The van der Waals surface area contributed by atoms with E-state index in [9.17, 15) is 0 Å². The minimum atomic E-state index is 0.333. The maximum atomic E-state index is 6.40. The Morgan fingerprint density at radius 3 is 2.50 bits per heavy atom. The molecule has 1 aliphatic rings. The van der Waals surface area contributed by atoms with Crippen molar-refractivity contribution in [2.75, 3.05) is 0 Å². The summed E-state index contributed by atoms with van der Waals surface area (Å²) in [5, 5.41) is 0. The van der Waals surface area contributed by atoms with Gasteiger partial charge in [0, 0.05) is 6.04 Å². The Bertz CT molecular complexity index is 561. The van der Waals surface area contributed by atoms with Crippen LogP contribution in [-0.2, 0) is 6.42 Å². The third kappa shape index (κ3) is 2.94. The number of hydrogen-bond acceptors (Lipinski definition) is 1.